The molecule has 0 aliphatic carbocycles. The van der Waals surface area contributed by atoms with E-state index in [-0.39, 0.29) is 24.2 Å². The van der Waals surface area contributed by atoms with Crippen LogP contribution in [0.15, 0.2) is 42.5 Å². The summed E-state index contributed by atoms with van der Waals surface area (Å²) in [6.45, 7) is -0.0168. The Morgan fingerprint density at radius 2 is 2.08 bits per heavy atom. The van der Waals surface area contributed by atoms with E-state index < -0.39 is 0 Å². The van der Waals surface area contributed by atoms with Gasteiger partial charge >= 0.3 is 0 Å². The SMILES string of the molecule is O=C1COc2ccc(NC(=O)c3cc4cc(F)ccc4s3)cc2N1. The Balaban J connectivity index is 1.59. The number of amides is 2. The van der Waals surface area contributed by atoms with E-state index in [1.54, 1.807) is 30.3 Å². The molecule has 5 nitrogen and oxygen atoms in total. The summed E-state index contributed by atoms with van der Waals surface area (Å²) in [6, 6.07) is 11.1. The van der Waals surface area contributed by atoms with Crippen molar-refractivity contribution in [2.45, 2.75) is 0 Å². The Kier molecular flexibility index (Phi) is 3.42. The molecule has 2 heterocycles. The fraction of sp³-hybridized carbons (Fsp3) is 0.0588. The number of hydrogen-bond acceptors (Lipinski definition) is 4. The second kappa shape index (κ2) is 5.61. The molecular formula is C17H11FN2O3S. The number of thiophene rings is 1. The normalized spacial score (nSPS) is 13.1. The van der Waals surface area contributed by atoms with Gasteiger partial charge in [0.25, 0.3) is 11.8 Å². The van der Waals surface area contributed by atoms with Gasteiger partial charge in [0.05, 0.1) is 10.6 Å². The van der Waals surface area contributed by atoms with Crippen LogP contribution in [0, 0.1) is 5.82 Å². The molecule has 120 valence electrons. The van der Waals surface area contributed by atoms with Crippen molar-refractivity contribution in [3.05, 3.63) is 53.2 Å². The van der Waals surface area contributed by atoms with Crippen molar-refractivity contribution in [3.63, 3.8) is 0 Å². The van der Waals surface area contributed by atoms with Gasteiger partial charge < -0.3 is 15.4 Å². The van der Waals surface area contributed by atoms with Crippen LogP contribution >= 0.6 is 11.3 Å². The average Bonchev–Trinajstić information content (AvgIpc) is 2.97. The summed E-state index contributed by atoms with van der Waals surface area (Å²) in [6.07, 6.45) is 0. The Bertz CT molecular complexity index is 983. The van der Waals surface area contributed by atoms with E-state index in [0.717, 1.165) is 4.70 Å². The zero-order valence-corrected chi connectivity index (χ0v) is 13.1. The number of carbonyl (C=O) groups excluding carboxylic acids is 2. The molecule has 1 aliphatic heterocycles. The fourth-order valence-electron chi connectivity index (χ4n) is 2.48. The maximum atomic E-state index is 13.2. The predicted octanol–water partition coefficient (Wildman–Crippen LogP) is 3.62. The van der Waals surface area contributed by atoms with Gasteiger partial charge in [0.15, 0.2) is 6.61 Å². The Morgan fingerprint density at radius 1 is 1.21 bits per heavy atom. The summed E-state index contributed by atoms with van der Waals surface area (Å²) in [5.41, 5.74) is 1.05. The van der Waals surface area contributed by atoms with E-state index in [4.69, 9.17) is 4.74 Å². The van der Waals surface area contributed by atoms with Crippen molar-refractivity contribution in [2.75, 3.05) is 17.2 Å². The first-order chi connectivity index (χ1) is 11.6. The van der Waals surface area contributed by atoms with Crippen LogP contribution in [0.25, 0.3) is 10.1 Å². The third-order valence-corrected chi connectivity index (χ3v) is 4.69. The molecule has 2 aromatic carbocycles. The second-order valence-corrected chi connectivity index (χ2v) is 6.38. The minimum Gasteiger partial charge on any atom is -0.482 e. The third-order valence-electron chi connectivity index (χ3n) is 3.57. The highest BCUT2D eigenvalue weighted by Gasteiger charge is 2.17. The molecule has 2 N–H and O–H groups in total. The van der Waals surface area contributed by atoms with Crippen LogP contribution < -0.4 is 15.4 Å². The fourth-order valence-corrected chi connectivity index (χ4v) is 3.42. The molecule has 1 aromatic heterocycles. The van der Waals surface area contributed by atoms with E-state index >= 15 is 0 Å². The van der Waals surface area contributed by atoms with E-state index in [9.17, 15) is 14.0 Å². The van der Waals surface area contributed by atoms with E-state index in [2.05, 4.69) is 10.6 Å². The molecule has 0 spiro atoms. The standard InChI is InChI=1S/C17H11FN2O3S/c18-10-1-4-14-9(5-10)6-15(24-14)17(22)19-11-2-3-13-12(7-11)20-16(21)8-23-13/h1-7H,8H2,(H,19,22)(H,20,21). The third kappa shape index (κ3) is 2.69. The largest absolute Gasteiger partial charge is 0.482 e. The summed E-state index contributed by atoms with van der Waals surface area (Å²) in [7, 11) is 0. The van der Waals surface area contributed by atoms with Crippen LogP contribution in [0.4, 0.5) is 15.8 Å². The van der Waals surface area contributed by atoms with Crippen LogP contribution in [-0.4, -0.2) is 18.4 Å². The lowest BCUT2D eigenvalue weighted by molar-refractivity contribution is -0.118. The zero-order chi connectivity index (χ0) is 16.7. The summed E-state index contributed by atoms with van der Waals surface area (Å²) in [5, 5.41) is 6.15. The van der Waals surface area contributed by atoms with Gasteiger partial charge in [0.2, 0.25) is 0 Å². The van der Waals surface area contributed by atoms with Crippen LogP contribution in [0.1, 0.15) is 9.67 Å². The van der Waals surface area contributed by atoms with Gasteiger partial charge in [-0.15, -0.1) is 11.3 Å². The average molecular weight is 342 g/mol. The van der Waals surface area contributed by atoms with Crippen molar-refractivity contribution < 1.29 is 18.7 Å². The number of hydrogen-bond donors (Lipinski definition) is 2. The molecule has 0 saturated heterocycles. The summed E-state index contributed by atoms with van der Waals surface area (Å²) < 4.78 is 19.4. The minimum absolute atomic E-state index is 0.0168. The number of ether oxygens (including phenoxy) is 1. The lowest BCUT2D eigenvalue weighted by Crippen LogP contribution is -2.25. The van der Waals surface area contributed by atoms with Crippen LogP contribution in [0.3, 0.4) is 0 Å². The van der Waals surface area contributed by atoms with Gasteiger partial charge in [-0.2, -0.15) is 0 Å². The van der Waals surface area contributed by atoms with Gasteiger partial charge in [0, 0.05) is 10.4 Å². The molecule has 4 rings (SSSR count). The van der Waals surface area contributed by atoms with Crippen LogP contribution in [-0.2, 0) is 4.79 Å². The van der Waals surface area contributed by atoms with Gasteiger partial charge in [-0.3, -0.25) is 9.59 Å². The Hall–Kier alpha value is -2.93. The maximum Gasteiger partial charge on any atom is 0.265 e. The number of nitrogens with one attached hydrogen (secondary N) is 2. The lowest BCUT2D eigenvalue weighted by Gasteiger charge is -2.18. The highest BCUT2D eigenvalue weighted by atomic mass is 32.1. The lowest BCUT2D eigenvalue weighted by atomic mass is 10.2. The maximum absolute atomic E-state index is 13.2. The predicted molar refractivity (Wildman–Crippen MR) is 90.3 cm³/mol. The monoisotopic (exact) mass is 342 g/mol. The number of carbonyl (C=O) groups is 2. The van der Waals surface area contributed by atoms with Crippen molar-refractivity contribution in [1.82, 2.24) is 0 Å². The smallest absolute Gasteiger partial charge is 0.265 e. The van der Waals surface area contributed by atoms with Crippen molar-refractivity contribution in [3.8, 4) is 5.75 Å². The summed E-state index contributed by atoms with van der Waals surface area (Å²) in [5.74, 6) is -0.306. The summed E-state index contributed by atoms with van der Waals surface area (Å²) in [4.78, 5) is 24.2. The molecule has 2 amide bonds. The second-order valence-electron chi connectivity index (χ2n) is 5.29. The molecule has 3 aromatic rings. The number of halogens is 1. The number of rotatable bonds is 2. The highest BCUT2D eigenvalue weighted by Crippen LogP contribution is 2.31. The van der Waals surface area contributed by atoms with Gasteiger partial charge in [-0.05, 0) is 47.9 Å². The molecular weight excluding hydrogens is 331 g/mol. The first kappa shape index (κ1) is 14.6. The Labute approximate surface area is 140 Å². The molecule has 7 heteroatoms. The molecule has 0 radical (unpaired) electrons. The molecule has 0 fully saturated rings. The first-order valence-electron chi connectivity index (χ1n) is 7.16. The van der Waals surface area contributed by atoms with Gasteiger partial charge in [-0.1, -0.05) is 0 Å². The topological polar surface area (TPSA) is 67.4 Å². The molecule has 0 bridgehead atoms. The molecule has 24 heavy (non-hydrogen) atoms. The van der Waals surface area contributed by atoms with Crippen LogP contribution in [0.5, 0.6) is 5.75 Å². The van der Waals surface area contributed by atoms with E-state index in [0.29, 0.717) is 27.4 Å². The minimum atomic E-state index is -0.335. The highest BCUT2D eigenvalue weighted by molar-refractivity contribution is 7.20. The van der Waals surface area contributed by atoms with Gasteiger partial charge in [-0.25, -0.2) is 4.39 Å². The number of fused-ring (bicyclic) bond motifs is 2. The van der Waals surface area contributed by atoms with E-state index in [1.807, 2.05) is 0 Å². The number of benzene rings is 2. The molecule has 1 aliphatic rings. The molecule has 0 saturated carbocycles. The van der Waals surface area contributed by atoms with Crippen molar-refractivity contribution in [1.29, 1.82) is 0 Å². The summed E-state index contributed by atoms with van der Waals surface area (Å²) >= 11 is 1.29. The quantitative estimate of drug-likeness (QED) is 0.747. The molecule has 0 unspecified atom stereocenters. The van der Waals surface area contributed by atoms with Crippen molar-refractivity contribution >= 4 is 44.6 Å². The van der Waals surface area contributed by atoms with Gasteiger partial charge in [0.1, 0.15) is 11.6 Å². The van der Waals surface area contributed by atoms with E-state index in [1.165, 1.54) is 23.5 Å². The number of anilines is 2. The Morgan fingerprint density at radius 3 is 2.96 bits per heavy atom. The van der Waals surface area contributed by atoms with Crippen molar-refractivity contribution in [2.24, 2.45) is 0 Å². The van der Waals surface area contributed by atoms with Crippen LogP contribution in [0.2, 0.25) is 0 Å². The zero-order valence-electron chi connectivity index (χ0n) is 12.3. The first-order valence-corrected chi connectivity index (χ1v) is 7.97. The molecule has 0 atom stereocenters.